The topological polar surface area (TPSA) is 26.3 Å². The van der Waals surface area contributed by atoms with Gasteiger partial charge in [-0.15, -0.1) is 5.73 Å². The van der Waals surface area contributed by atoms with Crippen LogP contribution in [0.3, 0.4) is 0 Å². The van der Waals surface area contributed by atoms with Crippen LogP contribution in [-0.2, 0) is 9.53 Å². The van der Waals surface area contributed by atoms with E-state index in [1.54, 1.807) is 11.3 Å². The van der Waals surface area contributed by atoms with Gasteiger partial charge in [-0.25, -0.2) is 0 Å². The normalized spacial score (nSPS) is 11.3. The molecule has 0 fully saturated rings. The molecular weight excluding hydrogens is 352 g/mol. The number of esters is 1. The quantitative estimate of drug-likeness (QED) is 0.387. The van der Waals surface area contributed by atoms with Crippen molar-refractivity contribution in [2.24, 2.45) is 5.92 Å². The molecule has 27 heavy (non-hydrogen) atoms. The smallest absolute Gasteiger partial charge is 0.313 e. The van der Waals surface area contributed by atoms with Gasteiger partial charge in [0.25, 0.3) is 0 Å². The molecule has 1 heterocycles. The summed E-state index contributed by atoms with van der Waals surface area (Å²) in [5.41, 5.74) is 8.51. The average Bonchev–Trinajstić information content (AvgIpc) is 3.24. The highest BCUT2D eigenvalue weighted by Gasteiger charge is 2.21. The number of rotatable bonds is 6. The molecule has 136 valence electrons. The monoisotopic (exact) mass is 374 g/mol. The van der Waals surface area contributed by atoms with Crippen LogP contribution in [0.5, 0.6) is 0 Å². The van der Waals surface area contributed by atoms with E-state index in [0.29, 0.717) is 6.61 Å². The van der Waals surface area contributed by atoms with E-state index in [9.17, 15) is 4.79 Å². The van der Waals surface area contributed by atoms with Crippen molar-refractivity contribution in [3.05, 3.63) is 99.9 Å². The minimum Gasteiger partial charge on any atom is -0.466 e. The molecular formula is C24H22O2S. The van der Waals surface area contributed by atoms with Crippen LogP contribution >= 0.6 is 11.3 Å². The molecule has 0 N–H and O–H groups in total. The zero-order valence-electron chi connectivity index (χ0n) is 15.5. The van der Waals surface area contributed by atoms with Crippen LogP contribution in [0, 0.1) is 5.92 Å². The van der Waals surface area contributed by atoms with E-state index in [1.165, 1.54) is 0 Å². The van der Waals surface area contributed by atoms with E-state index >= 15 is 0 Å². The average molecular weight is 375 g/mol. The van der Waals surface area contributed by atoms with Crippen molar-refractivity contribution in [2.75, 3.05) is 6.61 Å². The molecule has 0 aliphatic rings. The van der Waals surface area contributed by atoms with Crippen LogP contribution in [0.4, 0.5) is 0 Å². The fourth-order valence-corrected chi connectivity index (χ4v) is 3.54. The molecule has 3 aromatic rings. The summed E-state index contributed by atoms with van der Waals surface area (Å²) in [7, 11) is 0. The summed E-state index contributed by atoms with van der Waals surface area (Å²) >= 11 is 1.61. The first-order valence-corrected chi connectivity index (χ1v) is 9.95. The number of hydrogen-bond donors (Lipinski definition) is 0. The van der Waals surface area contributed by atoms with Crippen molar-refractivity contribution in [3.63, 3.8) is 0 Å². The molecule has 0 amide bonds. The lowest BCUT2D eigenvalue weighted by Gasteiger charge is -2.13. The van der Waals surface area contributed by atoms with Crippen molar-refractivity contribution in [1.82, 2.24) is 0 Å². The second-order valence-electron chi connectivity index (χ2n) is 6.13. The van der Waals surface area contributed by atoms with Crippen molar-refractivity contribution in [2.45, 2.75) is 13.8 Å². The second kappa shape index (κ2) is 9.18. The van der Waals surface area contributed by atoms with Gasteiger partial charge in [0.2, 0.25) is 0 Å². The maximum Gasteiger partial charge on any atom is 0.313 e. The third-order valence-corrected chi connectivity index (χ3v) is 4.97. The molecule has 3 rings (SSSR count). The van der Waals surface area contributed by atoms with Crippen LogP contribution in [0.2, 0.25) is 0 Å². The third-order valence-electron chi connectivity index (χ3n) is 4.29. The van der Waals surface area contributed by atoms with Gasteiger partial charge in [0, 0.05) is 11.1 Å². The second-order valence-corrected chi connectivity index (χ2v) is 6.91. The first-order chi connectivity index (χ1) is 13.2. The molecule has 0 saturated carbocycles. The van der Waals surface area contributed by atoms with E-state index in [-0.39, 0.29) is 5.97 Å². The highest BCUT2D eigenvalue weighted by molar-refractivity contribution is 7.08. The van der Waals surface area contributed by atoms with Crippen LogP contribution in [0.1, 0.15) is 30.5 Å². The maximum absolute atomic E-state index is 12.4. The minimum absolute atomic E-state index is 0.230. The van der Waals surface area contributed by atoms with E-state index in [4.69, 9.17) is 4.74 Å². The molecule has 0 saturated heterocycles. The van der Waals surface area contributed by atoms with Crippen LogP contribution in [0.15, 0.2) is 83.2 Å². The highest BCUT2D eigenvalue weighted by atomic mass is 32.1. The van der Waals surface area contributed by atoms with Crippen LogP contribution in [-0.4, -0.2) is 12.6 Å². The Kier molecular flexibility index (Phi) is 6.43. The number of carbonyl (C=O) groups excluding carboxylic acids is 1. The van der Waals surface area contributed by atoms with Crippen molar-refractivity contribution < 1.29 is 9.53 Å². The molecule has 1 atom stereocenters. The molecule has 3 heteroatoms. The lowest BCUT2D eigenvalue weighted by molar-refractivity contribution is -0.145. The van der Waals surface area contributed by atoms with Crippen molar-refractivity contribution in [1.29, 1.82) is 0 Å². The first kappa shape index (κ1) is 18.9. The number of benzene rings is 2. The van der Waals surface area contributed by atoms with Crippen LogP contribution in [0.25, 0.3) is 11.1 Å². The summed E-state index contributed by atoms with van der Waals surface area (Å²) in [6, 6.07) is 22.3. The summed E-state index contributed by atoms with van der Waals surface area (Å²) in [6.07, 6.45) is 0. The lowest BCUT2D eigenvalue weighted by Crippen LogP contribution is -2.15. The molecule has 0 aliphatic carbocycles. The molecule has 0 radical (unpaired) electrons. The number of ether oxygens (including phenoxy) is 1. The Morgan fingerprint density at radius 1 is 0.963 bits per heavy atom. The van der Waals surface area contributed by atoms with Gasteiger partial charge in [-0.2, -0.15) is 11.3 Å². The van der Waals surface area contributed by atoms with Crippen molar-refractivity contribution >= 4 is 28.5 Å². The summed E-state index contributed by atoms with van der Waals surface area (Å²) < 4.78 is 5.27. The summed E-state index contributed by atoms with van der Waals surface area (Å²) in [4.78, 5) is 12.4. The fourth-order valence-electron chi connectivity index (χ4n) is 2.89. The summed E-state index contributed by atoms with van der Waals surface area (Å²) in [6.45, 7) is 4.08. The Labute approximate surface area is 164 Å². The predicted molar refractivity (Wildman–Crippen MR) is 112 cm³/mol. The van der Waals surface area contributed by atoms with E-state index in [0.717, 1.165) is 27.8 Å². The largest absolute Gasteiger partial charge is 0.466 e. The number of carbonyl (C=O) groups is 1. The van der Waals surface area contributed by atoms with Crippen molar-refractivity contribution in [3.8, 4) is 0 Å². The summed E-state index contributed by atoms with van der Waals surface area (Å²) in [5, 5.41) is 4.06. The molecule has 1 aromatic heterocycles. The Morgan fingerprint density at radius 2 is 1.56 bits per heavy atom. The fraction of sp³-hybridized carbons (Fsp3) is 0.167. The molecule has 0 spiro atoms. The first-order valence-electron chi connectivity index (χ1n) is 9.01. The zero-order valence-corrected chi connectivity index (χ0v) is 16.3. The third kappa shape index (κ3) is 4.65. The van der Waals surface area contributed by atoms with Gasteiger partial charge in [-0.05, 0) is 47.4 Å². The SMILES string of the molecule is CCOC(=O)[C@H](C)C(=C=C(c1ccccc1)c1ccccc1)c1ccsc1. The molecule has 0 aliphatic heterocycles. The van der Waals surface area contributed by atoms with Gasteiger partial charge in [0.15, 0.2) is 0 Å². The maximum atomic E-state index is 12.4. The van der Waals surface area contributed by atoms with Crippen LogP contribution < -0.4 is 0 Å². The molecule has 0 unspecified atom stereocenters. The Hall–Kier alpha value is -2.87. The molecule has 0 bridgehead atoms. The van der Waals surface area contributed by atoms with Gasteiger partial charge in [0.05, 0.1) is 12.5 Å². The Balaban J connectivity index is 2.25. The van der Waals surface area contributed by atoms with E-state index in [1.807, 2.05) is 67.1 Å². The van der Waals surface area contributed by atoms with E-state index in [2.05, 4.69) is 30.0 Å². The van der Waals surface area contributed by atoms with E-state index < -0.39 is 5.92 Å². The molecule has 2 aromatic carbocycles. The Morgan fingerprint density at radius 3 is 2.04 bits per heavy atom. The summed E-state index contributed by atoms with van der Waals surface area (Å²) in [5.74, 6) is -0.631. The predicted octanol–water partition coefficient (Wildman–Crippen LogP) is 6.06. The van der Waals surface area contributed by atoms with Gasteiger partial charge in [-0.3, -0.25) is 4.79 Å². The Bertz CT molecular complexity index is 893. The zero-order chi connectivity index (χ0) is 19.1. The minimum atomic E-state index is -0.401. The lowest BCUT2D eigenvalue weighted by atomic mass is 9.92. The standard InChI is InChI=1S/C24H22O2S/c1-3-26-24(25)18(2)22(21-14-15-27-17-21)16-23(19-10-6-4-7-11-19)20-12-8-5-9-13-20/h4-15,17-18H,3H2,1-2H3/t18-/m1/s1. The van der Waals surface area contributed by atoms with Gasteiger partial charge < -0.3 is 4.74 Å². The van der Waals surface area contributed by atoms with Gasteiger partial charge in [-0.1, -0.05) is 60.7 Å². The van der Waals surface area contributed by atoms with Gasteiger partial charge >= 0.3 is 5.97 Å². The molecule has 2 nitrogen and oxygen atoms in total. The highest BCUT2D eigenvalue weighted by Crippen LogP contribution is 2.30. The number of thiophene rings is 1. The van der Waals surface area contributed by atoms with Gasteiger partial charge in [0.1, 0.15) is 0 Å². The number of hydrogen-bond acceptors (Lipinski definition) is 3.